The number of rotatable bonds is 4. The summed E-state index contributed by atoms with van der Waals surface area (Å²) < 4.78 is 11.5. The van der Waals surface area contributed by atoms with Crippen molar-refractivity contribution in [2.75, 3.05) is 0 Å². The van der Waals surface area contributed by atoms with Crippen molar-refractivity contribution >= 4 is 75.3 Å². The van der Waals surface area contributed by atoms with Crippen molar-refractivity contribution < 1.29 is 4.42 Å². The molecular formula is C45H26N4OS. The number of furan rings is 1. The highest BCUT2D eigenvalue weighted by atomic mass is 32.1. The molecule has 0 atom stereocenters. The monoisotopic (exact) mass is 670 g/mol. The number of hydrogen-bond donors (Lipinski definition) is 0. The molecule has 0 fully saturated rings. The van der Waals surface area contributed by atoms with Crippen LogP contribution in [0.5, 0.6) is 0 Å². The van der Waals surface area contributed by atoms with Gasteiger partial charge >= 0.3 is 0 Å². The zero-order chi connectivity index (χ0) is 33.5. The molecule has 0 saturated carbocycles. The van der Waals surface area contributed by atoms with Crippen LogP contribution in [0.3, 0.4) is 0 Å². The summed E-state index contributed by atoms with van der Waals surface area (Å²) >= 11 is 1.80. The minimum atomic E-state index is 0.648. The molecule has 0 bridgehead atoms. The number of aromatic nitrogens is 4. The van der Waals surface area contributed by atoms with Gasteiger partial charge in [-0.15, -0.1) is 11.3 Å². The first-order valence-electron chi connectivity index (χ1n) is 16.9. The van der Waals surface area contributed by atoms with Crippen LogP contribution in [0.1, 0.15) is 0 Å². The van der Waals surface area contributed by atoms with Gasteiger partial charge in [-0.2, -0.15) is 0 Å². The molecule has 11 aromatic rings. The number of benzene rings is 7. The summed E-state index contributed by atoms with van der Waals surface area (Å²) in [5.41, 5.74) is 7.99. The van der Waals surface area contributed by atoms with E-state index < -0.39 is 0 Å². The van der Waals surface area contributed by atoms with Gasteiger partial charge in [-0.05, 0) is 48.5 Å². The molecule has 0 aliphatic heterocycles. The van der Waals surface area contributed by atoms with Crippen molar-refractivity contribution in [2.45, 2.75) is 0 Å². The lowest BCUT2D eigenvalue weighted by Crippen LogP contribution is -2.00. The first-order valence-corrected chi connectivity index (χ1v) is 17.8. The van der Waals surface area contributed by atoms with Crippen molar-refractivity contribution in [1.82, 2.24) is 19.5 Å². The maximum atomic E-state index is 6.77. The lowest BCUT2D eigenvalue weighted by atomic mass is 10.1. The molecule has 6 heteroatoms. The number of hydrogen-bond acceptors (Lipinski definition) is 5. The highest BCUT2D eigenvalue weighted by molar-refractivity contribution is 7.26. The van der Waals surface area contributed by atoms with Crippen LogP contribution in [0.15, 0.2) is 162 Å². The molecule has 0 radical (unpaired) electrons. The quantitative estimate of drug-likeness (QED) is 0.187. The smallest absolute Gasteiger partial charge is 0.164 e. The van der Waals surface area contributed by atoms with Crippen molar-refractivity contribution in [3.8, 4) is 39.9 Å². The van der Waals surface area contributed by atoms with Gasteiger partial charge in [0.2, 0.25) is 0 Å². The fourth-order valence-electron chi connectivity index (χ4n) is 7.54. The Hall–Kier alpha value is -6.63. The second-order valence-corrected chi connectivity index (χ2v) is 13.8. The average Bonchev–Trinajstić information content (AvgIpc) is 3.88. The van der Waals surface area contributed by atoms with Gasteiger partial charge in [-0.25, -0.2) is 15.0 Å². The molecule has 11 rings (SSSR count). The lowest BCUT2D eigenvalue weighted by Gasteiger charge is -2.08. The second-order valence-electron chi connectivity index (χ2n) is 12.8. The van der Waals surface area contributed by atoms with Crippen LogP contribution in [0.4, 0.5) is 0 Å². The fraction of sp³-hybridized carbons (Fsp3) is 0. The third-order valence-corrected chi connectivity index (χ3v) is 11.1. The molecule has 4 heterocycles. The molecule has 0 aliphatic carbocycles. The third kappa shape index (κ3) is 4.30. The summed E-state index contributed by atoms with van der Waals surface area (Å²) in [6, 6.07) is 54.8. The van der Waals surface area contributed by atoms with Crippen molar-refractivity contribution in [3.63, 3.8) is 0 Å². The van der Waals surface area contributed by atoms with Gasteiger partial charge in [0, 0.05) is 58.4 Å². The van der Waals surface area contributed by atoms with Gasteiger partial charge in [-0.1, -0.05) is 109 Å². The zero-order valence-corrected chi connectivity index (χ0v) is 27.9. The molecule has 238 valence electrons. The Labute approximate surface area is 295 Å². The largest absolute Gasteiger partial charge is 0.454 e. The normalized spacial score (nSPS) is 11.9. The summed E-state index contributed by atoms with van der Waals surface area (Å²) in [6.45, 7) is 0. The van der Waals surface area contributed by atoms with Crippen LogP contribution < -0.4 is 0 Å². The SMILES string of the molecule is c1ccc(-c2nc(-c3ccccc3)nc(-c3ccc4sc5c(ccc6oc7c(-n8c9ccccc9c9ccccc98)cccc7c65)c4c3)n2)cc1. The van der Waals surface area contributed by atoms with E-state index in [1.54, 1.807) is 11.3 Å². The first-order chi connectivity index (χ1) is 25.3. The van der Waals surface area contributed by atoms with Crippen LogP contribution in [-0.2, 0) is 0 Å². The summed E-state index contributed by atoms with van der Waals surface area (Å²) in [4.78, 5) is 14.9. The Kier molecular flexibility index (Phi) is 6.05. The van der Waals surface area contributed by atoms with E-state index in [-0.39, 0.29) is 0 Å². The zero-order valence-electron chi connectivity index (χ0n) is 27.1. The maximum absolute atomic E-state index is 6.77. The minimum absolute atomic E-state index is 0.648. The second kappa shape index (κ2) is 10.9. The van der Waals surface area contributed by atoms with Crippen molar-refractivity contribution in [1.29, 1.82) is 0 Å². The number of nitrogens with zero attached hydrogens (tertiary/aromatic N) is 4. The topological polar surface area (TPSA) is 56.7 Å². The van der Waals surface area contributed by atoms with Gasteiger partial charge < -0.3 is 8.98 Å². The van der Waals surface area contributed by atoms with E-state index in [9.17, 15) is 0 Å². The van der Waals surface area contributed by atoms with E-state index in [0.29, 0.717) is 17.5 Å². The van der Waals surface area contributed by atoms with E-state index in [0.717, 1.165) is 55.3 Å². The number of thiophene rings is 1. The lowest BCUT2D eigenvalue weighted by molar-refractivity contribution is 0.666. The van der Waals surface area contributed by atoms with Crippen LogP contribution >= 0.6 is 11.3 Å². The summed E-state index contributed by atoms with van der Waals surface area (Å²) in [6.07, 6.45) is 0. The molecular weight excluding hydrogens is 645 g/mol. The highest BCUT2D eigenvalue weighted by Crippen LogP contribution is 2.45. The summed E-state index contributed by atoms with van der Waals surface area (Å²) in [5, 5.41) is 7.08. The van der Waals surface area contributed by atoms with E-state index in [2.05, 4.69) is 102 Å². The van der Waals surface area contributed by atoms with E-state index in [4.69, 9.17) is 19.4 Å². The van der Waals surface area contributed by atoms with Crippen molar-refractivity contribution in [3.05, 3.63) is 158 Å². The first kappa shape index (κ1) is 28.2. The average molecular weight is 671 g/mol. The molecule has 0 saturated heterocycles. The fourth-order valence-corrected chi connectivity index (χ4v) is 8.77. The molecule has 0 aliphatic rings. The minimum Gasteiger partial charge on any atom is -0.454 e. The van der Waals surface area contributed by atoms with E-state index in [1.807, 2.05) is 60.7 Å². The Morgan fingerprint density at radius 3 is 1.71 bits per heavy atom. The van der Waals surface area contributed by atoms with Gasteiger partial charge in [0.1, 0.15) is 5.58 Å². The van der Waals surface area contributed by atoms with Crippen LogP contribution in [0, 0.1) is 0 Å². The molecule has 4 aromatic heterocycles. The van der Waals surface area contributed by atoms with E-state index in [1.165, 1.54) is 30.9 Å². The summed E-state index contributed by atoms with van der Waals surface area (Å²) in [7, 11) is 0. The van der Waals surface area contributed by atoms with Gasteiger partial charge in [-0.3, -0.25) is 0 Å². The van der Waals surface area contributed by atoms with E-state index >= 15 is 0 Å². The number of fused-ring (bicyclic) bond motifs is 10. The predicted octanol–water partition coefficient (Wildman–Crippen LogP) is 12.2. The van der Waals surface area contributed by atoms with Crippen molar-refractivity contribution in [2.24, 2.45) is 0 Å². The maximum Gasteiger partial charge on any atom is 0.164 e. The van der Waals surface area contributed by atoms with Gasteiger partial charge in [0.05, 0.1) is 16.7 Å². The molecule has 0 spiro atoms. The molecule has 0 unspecified atom stereocenters. The Bertz CT molecular complexity index is 3030. The molecule has 5 nitrogen and oxygen atoms in total. The third-order valence-electron chi connectivity index (χ3n) is 9.86. The molecule has 7 aromatic carbocycles. The standard InChI is InChI=1S/C45H26N4OS/c1-3-12-27(13-4-1)43-46-44(28-14-5-2-6-15-28)48-45(47-43)29-22-25-39-34(26-29)32-23-24-38-40(42(32)51-39)33-18-11-21-37(41(33)50-38)49-35-19-9-7-16-30(35)31-17-8-10-20-36(31)49/h1-26H. The Morgan fingerprint density at radius 1 is 0.451 bits per heavy atom. The van der Waals surface area contributed by atoms with Crippen LogP contribution in [0.25, 0.3) is 104 Å². The summed E-state index contributed by atoms with van der Waals surface area (Å²) in [5.74, 6) is 1.95. The predicted molar refractivity (Wildman–Crippen MR) is 211 cm³/mol. The molecule has 51 heavy (non-hydrogen) atoms. The molecule has 0 amide bonds. The highest BCUT2D eigenvalue weighted by Gasteiger charge is 2.20. The van der Waals surface area contributed by atoms with Gasteiger partial charge in [0.15, 0.2) is 23.1 Å². The number of para-hydroxylation sites is 3. The van der Waals surface area contributed by atoms with Gasteiger partial charge in [0.25, 0.3) is 0 Å². The Balaban J connectivity index is 1.12. The Morgan fingerprint density at radius 2 is 1.04 bits per heavy atom. The molecule has 0 N–H and O–H groups in total. The van der Waals surface area contributed by atoms with Crippen LogP contribution in [-0.4, -0.2) is 19.5 Å². The van der Waals surface area contributed by atoms with Crippen LogP contribution in [0.2, 0.25) is 0 Å².